The Bertz CT molecular complexity index is 61.5. The molecule has 1 aliphatic heterocycles. The first-order valence-electron chi connectivity index (χ1n) is 3.31. The van der Waals surface area contributed by atoms with Gasteiger partial charge in [0.2, 0.25) is 0 Å². The van der Waals surface area contributed by atoms with Gasteiger partial charge >= 0.3 is 0 Å². The molecule has 0 saturated carbocycles. The minimum atomic E-state index is 1.33. The van der Waals surface area contributed by atoms with Crippen molar-refractivity contribution in [1.29, 1.82) is 0 Å². The van der Waals surface area contributed by atoms with Gasteiger partial charge in [0.05, 0.1) is 0 Å². The van der Waals surface area contributed by atoms with E-state index in [4.69, 9.17) is 0 Å². The monoisotopic (exact) mass is 131 g/mol. The maximum atomic E-state index is 2.40. The van der Waals surface area contributed by atoms with Gasteiger partial charge in [-0.05, 0) is 6.42 Å². The van der Waals surface area contributed by atoms with Crippen LogP contribution in [0, 0.1) is 0 Å². The maximum Gasteiger partial charge on any atom is 0.0227 e. The SMILES string of the molecule is CCCCSN1CC1. The van der Waals surface area contributed by atoms with Gasteiger partial charge in [0.1, 0.15) is 0 Å². The predicted molar refractivity (Wildman–Crippen MR) is 38.9 cm³/mol. The van der Waals surface area contributed by atoms with Crippen molar-refractivity contribution in [3.63, 3.8) is 0 Å². The van der Waals surface area contributed by atoms with Crippen LogP contribution < -0.4 is 0 Å². The van der Waals surface area contributed by atoms with Gasteiger partial charge in [-0.25, -0.2) is 4.31 Å². The third-order valence-corrected chi connectivity index (χ3v) is 2.38. The molecule has 48 valence electrons. The van der Waals surface area contributed by atoms with Crippen LogP contribution in [-0.2, 0) is 0 Å². The van der Waals surface area contributed by atoms with Crippen LogP contribution in [-0.4, -0.2) is 23.1 Å². The summed E-state index contributed by atoms with van der Waals surface area (Å²) in [6, 6.07) is 0. The Kier molecular flexibility index (Phi) is 2.70. The molecule has 0 amide bonds. The summed E-state index contributed by atoms with van der Waals surface area (Å²) in [5, 5.41) is 0. The summed E-state index contributed by atoms with van der Waals surface area (Å²) in [5.41, 5.74) is 0. The van der Waals surface area contributed by atoms with E-state index < -0.39 is 0 Å². The average molecular weight is 131 g/mol. The maximum absolute atomic E-state index is 2.40. The van der Waals surface area contributed by atoms with Crippen molar-refractivity contribution < 1.29 is 0 Å². The van der Waals surface area contributed by atoms with Gasteiger partial charge in [-0.2, -0.15) is 0 Å². The fourth-order valence-corrected chi connectivity index (χ4v) is 1.52. The van der Waals surface area contributed by atoms with E-state index >= 15 is 0 Å². The lowest BCUT2D eigenvalue weighted by atomic mass is 10.4. The number of rotatable bonds is 4. The van der Waals surface area contributed by atoms with Crippen LogP contribution in [0.15, 0.2) is 0 Å². The highest BCUT2D eigenvalue weighted by Crippen LogP contribution is 2.19. The Morgan fingerprint density at radius 3 is 2.75 bits per heavy atom. The molecule has 0 spiro atoms. The molecule has 0 N–H and O–H groups in total. The second kappa shape index (κ2) is 3.36. The molecule has 1 heterocycles. The van der Waals surface area contributed by atoms with Crippen LogP contribution in [0.5, 0.6) is 0 Å². The Balaban J connectivity index is 1.74. The van der Waals surface area contributed by atoms with E-state index in [1.807, 2.05) is 11.9 Å². The van der Waals surface area contributed by atoms with E-state index in [1.165, 1.54) is 31.7 Å². The van der Waals surface area contributed by atoms with Crippen LogP contribution in [0.3, 0.4) is 0 Å². The highest BCUT2D eigenvalue weighted by Gasteiger charge is 2.16. The fraction of sp³-hybridized carbons (Fsp3) is 1.00. The topological polar surface area (TPSA) is 3.01 Å². The Hall–Kier alpha value is 0.310. The fourth-order valence-electron chi connectivity index (χ4n) is 0.508. The van der Waals surface area contributed by atoms with E-state index in [0.29, 0.717) is 0 Å². The lowest BCUT2D eigenvalue weighted by Gasteiger charge is -1.95. The third-order valence-electron chi connectivity index (χ3n) is 1.18. The minimum absolute atomic E-state index is 1.33. The van der Waals surface area contributed by atoms with Crippen molar-refractivity contribution in [3.05, 3.63) is 0 Å². The van der Waals surface area contributed by atoms with Gasteiger partial charge in [0.25, 0.3) is 0 Å². The molecule has 0 atom stereocenters. The van der Waals surface area contributed by atoms with E-state index in [-0.39, 0.29) is 0 Å². The largest absolute Gasteiger partial charge is 0.248 e. The Labute approximate surface area is 55.6 Å². The lowest BCUT2D eigenvalue weighted by molar-refractivity contribution is 0.874. The molecular formula is C6H13NS. The first-order chi connectivity index (χ1) is 3.93. The molecule has 2 heteroatoms. The molecule has 0 bridgehead atoms. The van der Waals surface area contributed by atoms with Crippen molar-refractivity contribution >= 4 is 11.9 Å². The summed E-state index contributed by atoms with van der Waals surface area (Å²) in [4.78, 5) is 0. The molecule has 1 nitrogen and oxygen atoms in total. The molecule has 0 aromatic rings. The van der Waals surface area contributed by atoms with Crippen molar-refractivity contribution in [2.75, 3.05) is 18.8 Å². The van der Waals surface area contributed by atoms with Gasteiger partial charge in [-0.1, -0.05) is 25.3 Å². The standard InChI is InChI=1S/C6H13NS/c1-2-3-6-8-7-4-5-7/h2-6H2,1H3. The van der Waals surface area contributed by atoms with Gasteiger partial charge in [-0.15, -0.1) is 0 Å². The molecule has 0 aromatic carbocycles. The highest BCUT2D eigenvalue weighted by atomic mass is 32.2. The van der Waals surface area contributed by atoms with E-state index in [2.05, 4.69) is 11.2 Å². The molecule has 1 rings (SSSR count). The van der Waals surface area contributed by atoms with Crippen LogP contribution >= 0.6 is 11.9 Å². The van der Waals surface area contributed by atoms with Gasteiger partial charge in [0, 0.05) is 18.8 Å². The zero-order valence-corrected chi connectivity index (χ0v) is 6.21. The van der Waals surface area contributed by atoms with E-state index in [9.17, 15) is 0 Å². The van der Waals surface area contributed by atoms with E-state index in [0.717, 1.165) is 0 Å². The molecule has 8 heavy (non-hydrogen) atoms. The van der Waals surface area contributed by atoms with Gasteiger partial charge in [0.15, 0.2) is 0 Å². The molecule has 0 aliphatic carbocycles. The highest BCUT2D eigenvalue weighted by molar-refractivity contribution is 7.97. The number of unbranched alkanes of at least 4 members (excludes halogenated alkanes) is 1. The Morgan fingerprint density at radius 2 is 2.25 bits per heavy atom. The average Bonchev–Trinajstić information content (AvgIpc) is 2.51. The minimum Gasteiger partial charge on any atom is -0.248 e. The first-order valence-corrected chi connectivity index (χ1v) is 4.25. The zero-order valence-electron chi connectivity index (χ0n) is 5.39. The van der Waals surface area contributed by atoms with Crippen LogP contribution in [0.1, 0.15) is 19.8 Å². The molecule has 0 aromatic heterocycles. The zero-order chi connectivity index (χ0) is 5.82. The second-order valence-electron chi connectivity index (χ2n) is 2.12. The molecular weight excluding hydrogens is 118 g/mol. The van der Waals surface area contributed by atoms with Crippen molar-refractivity contribution in [2.45, 2.75) is 19.8 Å². The summed E-state index contributed by atoms with van der Waals surface area (Å²) >= 11 is 2.00. The van der Waals surface area contributed by atoms with Gasteiger partial charge in [-0.3, -0.25) is 0 Å². The van der Waals surface area contributed by atoms with Crippen LogP contribution in [0.2, 0.25) is 0 Å². The summed E-state index contributed by atoms with van der Waals surface area (Å²) in [6.07, 6.45) is 2.71. The summed E-state index contributed by atoms with van der Waals surface area (Å²) < 4.78 is 2.40. The summed E-state index contributed by atoms with van der Waals surface area (Å²) in [7, 11) is 0. The molecule has 0 radical (unpaired) electrons. The summed E-state index contributed by atoms with van der Waals surface area (Å²) in [6.45, 7) is 4.89. The Morgan fingerprint density at radius 1 is 1.50 bits per heavy atom. The van der Waals surface area contributed by atoms with E-state index in [1.54, 1.807) is 0 Å². The van der Waals surface area contributed by atoms with Crippen molar-refractivity contribution in [1.82, 2.24) is 4.31 Å². The summed E-state index contributed by atoms with van der Waals surface area (Å²) in [5.74, 6) is 1.33. The van der Waals surface area contributed by atoms with Crippen molar-refractivity contribution in [3.8, 4) is 0 Å². The lowest BCUT2D eigenvalue weighted by Crippen LogP contribution is -1.83. The van der Waals surface area contributed by atoms with Gasteiger partial charge < -0.3 is 0 Å². The van der Waals surface area contributed by atoms with Crippen molar-refractivity contribution in [2.24, 2.45) is 0 Å². The first kappa shape index (κ1) is 6.43. The van der Waals surface area contributed by atoms with Crippen LogP contribution in [0.4, 0.5) is 0 Å². The molecule has 1 aliphatic rings. The molecule has 0 unspecified atom stereocenters. The number of hydrogen-bond acceptors (Lipinski definition) is 2. The normalized spacial score (nSPS) is 19.1. The third kappa shape index (κ3) is 2.58. The molecule has 1 saturated heterocycles. The quantitative estimate of drug-likeness (QED) is 0.325. The second-order valence-corrected chi connectivity index (χ2v) is 3.30. The number of hydrogen-bond donors (Lipinski definition) is 0. The smallest absolute Gasteiger partial charge is 0.0227 e. The molecule has 1 fully saturated rings. The predicted octanol–water partition coefficient (Wildman–Crippen LogP) is 1.75. The number of nitrogens with zero attached hydrogens (tertiary/aromatic N) is 1. The van der Waals surface area contributed by atoms with Crippen LogP contribution in [0.25, 0.3) is 0 Å².